The molecule has 0 spiro atoms. The van der Waals surface area contributed by atoms with Crippen molar-refractivity contribution < 1.29 is 13.6 Å². The van der Waals surface area contributed by atoms with E-state index >= 15 is 0 Å². The Labute approximate surface area is 105 Å². The van der Waals surface area contributed by atoms with Crippen LogP contribution in [-0.2, 0) is 4.79 Å². The van der Waals surface area contributed by atoms with E-state index in [4.69, 9.17) is 0 Å². The number of hydrogen-bond donors (Lipinski definition) is 1. The van der Waals surface area contributed by atoms with Gasteiger partial charge >= 0.3 is 0 Å². The Morgan fingerprint density at radius 2 is 2.00 bits per heavy atom. The van der Waals surface area contributed by atoms with Crippen LogP contribution in [0.15, 0.2) is 16.6 Å². The topological polar surface area (TPSA) is 29.1 Å². The van der Waals surface area contributed by atoms with Gasteiger partial charge < -0.3 is 5.32 Å². The molecule has 0 unspecified atom stereocenters. The quantitative estimate of drug-likeness (QED) is 0.923. The van der Waals surface area contributed by atoms with Gasteiger partial charge in [-0.05, 0) is 18.4 Å². The number of hydrogen-bond acceptors (Lipinski definition) is 2. The van der Waals surface area contributed by atoms with Crippen LogP contribution in [0.25, 0.3) is 0 Å². The summed E-state index contributed by atoms with van der Waals surface area (Å²) in [6, 6.07) is 2.21. The molecule has 1 amide bonds. The molecule has 88 valence electrons. The predicted molar refractivity (Wildman–Crippen MR) is 65.7 cm³/mol. The summed E-state index contributed by atoms with van der Waals surface area (Å²) in [5.74, 6) is -1.35. The van der Waals surface area contributed by atoms with E-state index in [0.29, 0.717) is 10.2 Å². The predicted octanol–water partition coefficient (Wildman–Crippen LogP) is 3.42. The van der Waals surface area contributed by atoms with Crippen molar-refractivity contribution in [2.24, 2.45) is 0 Å². The molecule has 0 aliphatic carbocycles. The van der Waals surface area contributed by atoms with Crippen LogP contribution in [0.2, 0.25) is 0 Å². The van der Waals surface area contributed by atoms with Crippen molar-refractivity contribution in [1.29, 1.82) is 0 Å². The molecule has 16 heavy (non-hydrogen) atoms. The lowest BCUT2D eigenvalue weighted by Gasteiger charge is -2.07. The van der Waals surface area contributed by atoms with Crippen LogP contribution in [0.5, 0.6) is 0 Å². The maximum Gasteiger partial charge on any atom is 0.225 e. The fraction of sp³-hybridized carbons (Fsp3) is 0.300. The lowest BCUT2D eigenvalue weighted by molar-refractivity contribution is -0.115. The average molecular weight is 310 g/mol. The second-order valence-corrected chi connectivity index (χ2v) is 4.94. The molecular weight excluding hydrogens is 300 g/mol. The van der Waals surface area contributed by atoms with Crippen LogP contribution in [-0.4, -0.2) is 17.9 Å². The van der Waals surface area contributed by atoms with Crippen LogP contribution < -0.4 is 5.32 Å². The maximum absolute atomic E-state index is 13.3. The molecule has 0 fully saturated rings. The number of amides is 1. The largest absolute Gasteiger partial charge is 0.321 e. The molecule has 0 atom stereocenters. The maximum atomic E-state index is 13.3. The number of nitrogens with one attached hydrogen (secondary N) is 1. The molecule has 6 heteroatoms. The van der Waals surface area contributed by atoms with E-state index in [9.17, 15) is 13.6 Å². The van der Waals surface area contributed by atoms with Gasteiger partial charge in [0.15, 0.2) is 11.6 Å². The van der Waals surface area contributed by atoms with Crippen LogP contribution >= 0.6 is 27.7 Å². The fourth-order valence-corrected chi connectivity index (χ4v) is 1.85. The number of carbonyl (C=O) groups is 1. The normalized spacial score (nSPS) is 10.2. The molecule has 0 saturated heterocycles. The first kappa shape index (κ1) is 13.4. The summed E-state index contributed by atoms with van der Waals surface area (Å²) in [4.78, 5) is 11.3. The zero-order valence-corrected chi connectivity index (χ0v) is 10.9. The Kier molecular flexibility index (Phi) is 5.21. The second-order valence-electron chi connectivity index (χ2n) is 3.04. The van der Waals surface area contributed by atoms with E-state index in [0.717, 1.165) is 12.1 Å². The number of carbonyl (C=O) groups excluding carboxylic acids is 1. The Morgan fingerprint density at radius 1 is 1.44 bits per heavy atom. The Morgan fingerprint density at radius 3 is 2.50 bits per heavy atom. The molecule has 0 radical (unpaired) electrons. The van der Waals surface area contributed by atoms with Crippen LogP contribution in [0, 0.1) is 11.6 Å². The minimum absolute atomic E-state index is 0.232. The number of halogens is 3. The Balaban J connectivity index is 2.77. The molecule has 0 aliphatic heterocycles. The summed E-state index contributed by atoms with van der Waals surface area (Å²) in [6.45, 7) is 0. The van der Waals surface area contributed by atoms with E-state index in [1.54, 1.807) is 0 Å². The first-order chi connectivity index (χ1) is 7.54. The van der Waals surface area contributed by atoms with Gasteiger partial charge in [0.1, 0.15) is 5.69 Å². The summed E-state index contributed by atoms with van der Waals surface area (Å²) in [7, 11) is 0. The van der Waals surface area contributed by atoms with Crippen LogP contribution in [0.4, 0.5) is 14.5 Å². The van der Waals surface area contributed by atoms with Crippen molar-refractivity contribution >= 4 is 39.3 Å². The SMILES string of the molecule is CSCCC(=O)Nc1c(F)cc(Br)cc1F. The Bertz CT molecular complexity index is 377. The molecule has 0 heterocycles. The van der Waals surface area contributed by atoms with Gasteiger partial charge in [-0.2, -0.15) is 11.8 Å². The second kappa shape index (κ2) is 6.20. The Hall–Kier alpha value is -0.620. The van der Waals surface area contributed by atoms with Crippen LogP contribution in [0.3, 0.4) is 0 Å². The third kappa shape index (κ3) is 3.75. The molecule has 0 bridgehead atoms. The van der Waals surface area contributed by atoms with Gasteiger partial charge in [0.25, 0.3) is 0 Å². The lowest BCUT2D eigenvalue weighted by atomic mass is 10.3. The van der Waals surface area contributed by atoms with E-state index in [-0.39, 0.29) is 6.42 Å². The minimum Gasteiger partial charge on any atom is -0.321 e. The van der Waals surface area contributed by atoms with E-state index < -0.39 is 23.2 Å². The highest BCUT2D eigenvalue weighted by Gasteiger charge is 2.13. The van der Waals surface area contributed by atoms with Crippen molar-refractivity contribution in [2.45, 2.75) is 6.42 Å². The van der Waals surface area contributed by atoms with Gasteiger partial charge in [0.05, 0.1) is 0 Å². The van der Waals surface area contributed by atoms with Gasteiger partial charge in [-0.25, -0.2) is 8.78 Å². The summed E-state index contributed by atoms with van der Waals surface area (Å²) in [5.41, 5.74) is -0.394. The summed E-state index contributed by atoms with van der Waals surface area (Å²) >= 11 is 4.45. The highest BCUT2D eigenvalue weighted by atomic mass is 79.9. The third-order valence-electron chi connectivity index (χ3n) is 1.80. The summed E-state index contributed by atoms with van der Waals surface area (Å²) < 4.78 is 26.9. The van der Waals surface area contributed by atoms with Gasteiger partial charge in [-0.3, -0.25) is 4.79 Å². The smallest absolute Gasteiger partial charge is 0.225 e. The molecule has 1 aromatic carbocycles. The standard InChI is InChI=1S/C10H10BrF2NOS/c1-16-3-2-9(15)14-10-7(12)4-6(11)5-8(10)13/h4-5H,2-3H2,1H3,(H,14,15). The molecule has 0 saturated carbocycles. The highest BCUT2D eigenvalue weighted by Crippen LogP contribution is 2.23. The average Bonchev–Trinajstić information content (AvgIpc) is 2.20. The zero-order chi connectivity index (χ0) is 12.1. The fourth-order valence-electron chi connectivity index (χ4n) is 1.06. The van der Waals surface area contributed by atoms with E-state index in [1.165, 1.54) is 11.8 Å². The molecule has 2 nitrogen and oxygen atoms in total. The minimum atomic E-state index is -0.788. The van der Waals surface area contributed by atoms with Gasteiger partial charge in [-0.15, -0.1) is 0 Å². The first-order valence-corrected chi connectivity index (χ1v) is 6.66. The molecule has 1 aromatic rings. The zero-order valence-electron chi connectivity index (χ0n) is 8.52. The van der Waals surface area contributed by atoms with Crippen molar-refractivity contribution in [1.82, 2.24) is 0 Å². The van der Waals surface area contributed by atoms with Gasteiger partial charge in [0, 0.05) is 16.6 Å². The molecule has 1 rings (SSSR count). The van der Waals surface area contributed by atoms with Crippen LogP contribution in [0.1, 0.15) is 6.42 Å². The first-order valence-electron chi connectivity index (χ1n) is 4.48. The number of rotatable bonds is 4. The third-order valence-corrected chi connectivity index (χ3v) is 2.87. The van der Waals surface area contributed by atoms with E-state index in [2.05, 4.69) is 21.2 Å². The molecule has 0 aliphatic rings. The summed E-state index contributed by atoms with van der Waals surface area (Å²) in [6.07, 6.45) is 2.09. The van der Waals surface area contributed by atoms with E-state index in [1.807, 2.05) is 6.26 Å². The van der Waals surface area contributed by atoms with Gasteiger partial charge in [-0.1, -0.05) is 15.9 Å². The van der Waals surface area contributed by atoms with Crippen molar-refractivity contribution in [3.63, 3.8) is 0 Å². The number of thioether (sulfide) groups is 1. The number of benzene rings is 1. The van der Waals surface area contributed by atoms with Crippen molar-refractivity contribution in [2.75, 3.05) is 17.3 Å². The molecule has 1 N–H and O–H groups in total. The lowest BCUT2D eigenvalue weighted by Crippen LogP contribution is -2.14. The van der Waals surface area contributed by atoms with Crippen molar-refractivity contribution in [3.8, 4) is 0 Å². The van der Waals surface area contributed by atoms with Crippen molar-refractivity contribution in [3.05, 3.63) is 28.2 Å². The molecule has 0 aromatic heterocycles. The number of anilines is 1. The summed E-state index contributed by atoms with van der Waals surface area (Å²) in [5, 5.41) is 2.22. The van der Waals surface area contributed by atoms with Gasteiger partial charge in [0.2, 0.25) is 5.91 Å². The monoisotopic (exact) mass is 309 g/mol. The highest BCUT2D eigenvalue weighted by molar-refractivity contribution is 9.10. The molecular formula is C10H10BrF2NOS.